The summed E-state index contributed by atoms with van der Waals surface area (Å²) in [7, 11) is 0. The maximum absolute atomic E-state index is 11.8. The number of rotatable bonds is 5. The number of hydrogen-bond acceptors (Lipinski definition) is 4. The number of aliphatic hydroxyl groups excluding tert-OH is 1. The summed E-state index contributed by atoms with van der Waals surface area (Å²) in [5.41, 5.74) is 1.70. The smallest absolute Gasteiger partial charge is 0.346 e. The Balaban J connectivity index is 3.16. The molecule has 1 aromatic rings. The molecule has 0 fully saturated rings. The summed E-state index contributed by atoms with van der Waals surface area (Å²) >= 11 is 0. The Kier molecular flexibility index (Phi) is 5.24. The highest BCUT2D eigenvalue weighted by Gasteiger charge is 2.20. The first kappa shape index (κ1) is 14.1. The van der Waals surface area contributed by atoms with E-state index in [-0.39, 0.29) is 18.8 Å². The van der Waals surface area contributed by atoms with Crippen LogP contribution in [0.5, 0.6) is 0 Å². The van der Waals surface area contributed by atoms with Crippen molar-refractivity contribution in [2.24, 2.45) is 0 Å². The molecular formula is C14H18O4. The van der Waals surface area contributed by atoms with E-state index in [1.54, 1.807) is 26.0 Å². The predicted octanol–water partition coefficient (Wildman–Crippen LogP) is 2.82. The molecule has 1 rings (SSSR count). The van der Waals surface area contributed by atoms with Crippen LogP contribution in [0.2, 0.25) is 0 Å². The third-order valence-electron chi connectivity index (χ3n) is 2.31. The first-order valence-corrected chi connectivity index (χ1v) is 5.90. The van der Waals surface area contributed by atoms with Gasteiger partial charge in [-0.15, -0.1) is 0 Å². The van der Waals surface area contributed by atoms with Crippen LogP contribution in [0.4, 0.5) is 0 Å². The monoisotopic (exact) mass is 250 g/mol. The van der Waals surface area contributed by atoms with E-state index < -0.39 is 11.9 Å². The lowest BCUT2D eigenvalue weighted by Crippen LogP contribution is -2.11. The Morgan fingerprint density at radius 3 is 2.17 bits per heavy atom. The molecule has 0 radical (unpaired) electrons. The van der Waals surface area contributed by atoms with Crippen molar-refractivity contribution in [3.63, 3.8) is 0 Å². The van der Waals surface area contributed by atoms with Crippen molar-refractivity contribution in [1.29, 1.82) is 0 Å². The van der Waals surface area contributed by atoms with Crippen molar-refractivity contribution >= 4 is 11.5 Å². The number of hydrogen-bond donors (Lipinski definition) is 1. The molecule has 98 valence electrons. The fraction of sp³-hybridized carbons (Fsp3) is 0.357. The van der Waals surface area contributed by atoms with Crippen LogP contribution in [-0.2, 0) is 14.3 Å². The highest BCUT2D eigenvalue weighted by Crippen LogP contribution is 2.20. The summed E-state index contributed by atoms with van der Waals surface area (Å²) in [5, 5.41) is 9.79. The zero-order valence-electron chi connectivity index (χ0n) is 10.9. The van der Waals surface area contributed by atoms with Gasteiger partial charge in [-0.05, 0) is 26.3 Å². The quantitative estimate of drug-likeness (QED) is 0.496. The lowest BCUT2D eigenvalue weighted by molar-refractivity contribution is -0.136. The maximum atomic E-state index is 11.8. The van der Waals surface area contributed by atoms with Gasteiger partial charge < -0.3 is 14.6 Å². The van der Waals surface area contributed by atoms with Gasteiger partial charge in [0, 0.05) is 0 Å². The van der Waals surface area contributed by atoms with Crippen molar-refractivity contribution in [2.45, 2.75) is 20.8 Å². The van der Waals surface area contributed by atoms with E-state index in [9.17, 15) is 9.90 Å². The van der Waals surface area contributed by atoms with Gasteiger partial charge in [0.15, 0.2) is 0 Å². The van der Waals surface area contributed by atoms with Crippen LogP contribution in [0.25, 0.3) is 5.57 Å². The molecule has 0 aliphatic rings. The van der Waals surface area contributed by atoms with Crippen LogP contribution in [0.15, 0.2) is 30.2 Å². The molecule has 0 spiro atoms. The molecule has 0 heterocycles. The van der Waals surface area contributed by atoms with Crippen molar-refractivity contribution in [1.82, 2.24) is 0 Å². The second-order valence-corrected chi connectivity index (χ2v) is 3.70. The highest BCUT2D eigenvalue weighted by atomic mass is 16.6. The Bertz CT molecular complexity index is 432. The molecule has 0 aliphatic carbocycles. The molecule has 18 heavy (non-hydrogen) atoms. The van der Waals surface area contributed by atoms with Crippen molar-refractivity contribution < 1.29 is 19.4 Å². The Morgan fingerprint density at radius 2 is 1.67 bits per heavy atom. The molecule has 0 amide bonds. The zero-order chi connectivity index (χ0) is 13.5. The van der Waals surface area contributed by atoms with E-state index in [2.05, 4.69) is 0 Å². The summed E-state index contributed by atoms with van der Waals surface area (Å²) in [6.45, 7) is 5.91. The van der Waals surface area contributed by atoms with Gasteiger partial charge in [0.05, 0.1) is 13.2 Å². The van der Waals surface area contributed by atoms with Crippen LogP contribution in [0.3, 0.4) is 0 Å². The van der Waals surface area contributed by atoms with E-state index in [4.69, 9.17) is 9.47 Å². The average molecular weight is 250 g/mol. The fourth-order valence-corrected chi connectivity index (χ4v) is 1.46. The van der Waals surface area contributed by atoms with Gasteiger partial charge in [-0.3, -0.25) is 0 Å². The summed E-state index contributed by atoms with van der Waals surface area (Å²) in [4.78, 5) is 11.8. The van der Waals surface area contributed by atoms with Crippen molar-refractivity contribution in [3.8, 4) is 0 Å². The first-order chi connectivity index (χ1) is 8.60. The second kappa shape index (κ2) is 6.69. The van der Waals surface area contributed by atoms with Gasteiger partial charge in [-0.2, -0.15) is 0 Å². The summed E-state index contributed by atoms with van der Waals surface area (Å²) in [5.74, 6) is -0.993. The Hall–Kier alpha value is -1.97. The molecule has 1 aromatic carbocycles. The van der Waals surface area contributed by atoms with Crippen LogP contribution < -0.4 is 0 Å². The molecule has 0 saturated heterocycles. The van der Waals surface area contributed by atoms with E-state index >= 15 is 0 Å². The minimum Gasteiger partial charge on any atom is -0.480 e. The molecule has 1 N–H and O–H groups in total. The normalized spacial score (nSPS) is 11.7. The van der Waals surface area contributed by atoms with Gasteiger partial charge in [-0.25, -0.2) is 4.79 Å². The minimum atomic E-state index is -0.590. The van der Waals surface area contributed by atoms with Crippen molar-refractivity contribution in [3.05, 3.63) is 41.3 Å². The van der Waals surface area contributed by atoms with Crippen LogP contribution in [-0.4, -0.2) is 24.3 Å². The van der Waals surface area contributed by atoms with Gasteiger partial charge >= 0.3 is 5.97 Å². The number of aliphatic hydroxyl groups is 1. The van der Waals surface area contributed by atoms with Crippen LogP contribution >= 0.6 is 0 Å². The molecule has 0 saturated carbocycles. The number of carbonyl (C=O) groups is 1. The Morgan fingerprint density at radius 1 is 1.11 bits per heavy atom. The summed E-state index contributed by atoms with van der Waals surface area (Å²) in [6, 6.07) is 7.20. The lowest BCUT2D eigenvalue weighted by atomic mass is 10.1. The van der Waals surface area contributed by atoms with Gasteiger partial charge in [0.2, 0.25) is 0 Å². The van der Waals surface area contributed by atoms with Crippen LogP contribution in [0.1, 0.15) is 25.0 Å². The van der Waals surface area contributed by atoms with E-state index in [0.29, 0.717) is 5.56 Å². The van der Waals surface area contributed by atoms with Crippen LogP contribution in [0, 0.1) is 6.92 Å². The average Bonchev–Trinajstić information content (AvgIpc) is 2.33. The second-order valence-electron chi connectivity index (χ2n) is 3.70. The first-order valence-electron chi connectivity index (χ1n) is 5.90. The third kappa shape index (κ3) is 3.52. The molecule has 4 nitrogen and oxygen atoms in total. The largest absolute Gasteiger partial charge is 0.480 e. The molecule has 0 atom stereocenters. The summed E-state index contributed by atoms with van der Waals surface area (Å²) < 4.78 is 9.91. The SMILES string of the molecule is CCOC(=O)/C(=C(\O)OCC)c1ccc(C)cc1. The topological polar surface area (TPSA) is 55.8 Å². The molecule has 4 heteroatoms. The maximum Gasteiger partial charge on any atom is 0.346 e. The van der Waals surface area contributed by atoms with Gasteiger partial charge in [0.25, 0.3) is 5.95 Å². The molecule has 0 aromatic heterocycles. The lowest BCUT2D eigenvalue weighted by Gasteiger charge is -2.10. The van der Waals surface area contributed by atoms with Crippen molar-refractivity contribution in [2.75, 3.05) is 13.2 Å². The zero-order valence-corrected chi connectivity index (χ0v) is 10.9. The predicted molar refractivity (Wildman–Crippen MR) is 69.0 cm³/mol. The minimum absolute atomic E-state index is 0.0544. The number of carbonyl (C=O) groups excluding carboxylic acids is 1. The molecular weight excluding hydrogens is 232 g/mol. The van der Waals surface area contributed by atoms with E-state index in [0.717, 1.165) is 5.56 Å². The van der Waals surface area contributed by atoms with E-state index in [1.807, 2.05) is 19.1 Å². The third-order valence-corrected chi connectivity index (χ3v) is 2.31. The molecule has 0 unspecified atom stereocenters. The fourth-order valence-electron chi connectivity index (χ4n) is 1.46. The number of benzene rings is 1. The standard InChI is InChI=1S/C14H18O4/c1-4-17-13(15)12(14(16)18-5-2)11-8-6-10(3)7-9-11/h6-9,15H,4-5H2,1-3H3/b13-12+. The van der Waals surface area contributed by atoms with Gasteiger partial charge in [-0.1, -0.05) is 29.8 Å². The number of ether oxygens (including phenoxy) is 2. The number of esters is 1. The molecule has 0 aliphatic heterocycles. The Labute approximate surface area is 107 Å². The molecule has 0 bridgehead atoms. The van der Waals surface area contributed by atoms with E-state index in [1.165, 1.54) is 0 Å². The number of aryl methyl sites for hydroxylation is 1. The highest BCUT2D eigenvalue weighted by molar-refractivity contribution is 6.16. The summed E-state index contributed by atoms with van der Waals surface area (Å²) in [6.07, 6.45) is 0. The van der Waals surface area contributed by atoms with Gasteiger partial charge in [0.1, 0.15) is 5.57 Å².